The van der Waals surface area contributed by atoms with E-state index in [1.807, 2.05) is 6.07 Å². The molecule has 0 spiro atoms. The number of nitrogens with zero attached hydrogens (tertiary/aromatic N) is 4. The Hall–Kier alpha value is -1.67. The van der Waals surface area contributed by atoms with Gasteiger partial charge in [0.25, 0.3) is 0 Å². The predicted molar refractivity (Wildman–Crippen MR) is 59.0 cm³/mol. The fourth-order valence-electron chi connectivity index (χ4n) is 1.72. The molecule has 1 unspecified atom stereocenters. The van der Waals surface area contributed by atoms with Gasteiger partial charge in [0, 0.05) is 13.1 Å². The topological polar surface area (TPSA) is 62.0 Å². The normalized spacial score (nSPS) is 20.5. The smallest absolute Gasteiger partial charge is 0.158 e. The minimum absolute atomic E-state index is 0.270. The molecule has 84 valence electrons. The van der Waals surface area contributed by atoms with E-state index in [1.165, 1.54) is 6.20 Å². The third kappa shape index (κ3) is 2.28. The Balaban J connectivity index is 2.08. The average Bonchev–Trinajstić information content (AvgIpc) is 2.39. The summed E-state index contributed by atoms with van der Waals surface area (Å²) in [6.45, 7) is 4.51. The molecule has 1 aliphatic rings. The second kappa shape index (κ2) is 4.90. The summed E-state index contributed by atoms with van der Waals surface area (Å²) >= 11 is 0. The first-order chi connectivity index (χ1) is 7.83. The summed E-state index contributed by atoms with van der Waals surface area (Å²) in [6, 6.07) is 1.96. The van der Waals surface area contributed by atoms with Gasteiger partial charge in [0.05, 0.1) is 25.1 Å². The number of hydrogen-bond acceptors (Lipinski definition) is 5. The van der Waals surface area contributed by atoms with Gasteiger partial charge in [-0.2, -0.15) is 5.26 Å². The van der Waals surface area contributed by atoms with Gasteiger partial charge >= 0.3 is 0 Å². The van der Waals surface area contributed by atoms with Crippen LogP contribution in [0.15, 0.2) is 12.4 Å². The third-order valence-corrected chi connectivity index (χ3v) is 2.67. The van der Waals surface area contributed by atoms with Gasteiger partial charge in [-0.05, 0) is 6.42 Å². The lowest BCUT2D eigenvalue weighted by atomic mass is 10.2. The van der Waals surface area contributed by atoms with E-state index < -0.39 is 0 Å². The highest BCUT2D eigenvalue weighted by molar-refractivity contribution is 5.37. The number of morpholine rings is 1. The lowest BCUT2D eigenvalue weighted by molar-refractivity contribution is 0.0381. The summed E-state index contributed by atoms with van der Waals surface area (Å²) in [5.74, 6) is 0.820. The van der Waals surface area contributed by atoms with Crippen molar-refractivity contribution in [3.63, 3.8) is 0 Å². The summed E-state index contributed by atoms with van der Waals surface area (Å²) < 4.78 is 5.58. The molecular formula is C11H14N4O. The fourth-order valence-corrected chi connectivity index (χ4v) is 1.72. The lowest BCUT2D eigenvalue weighted by Gasteiger charge is -2.32. The Morgan fingerprint density at radius 1 is 1.56 bits per heavy atom. The fraction of sp³-hybridized carbons (Fsp3) is 0.545. The summed E-state index contributed by atoms with van der Waals surface area (Å²) in [5.41, 5.74) is 0.351. The van der Waals surface area contributed by atoms with Crippen molar-refractivity contribution < 1.29 is 4.74 Å². The van der Waals surface area contributed by atoms with E-state index in [0.717, 1.165) is 31.9 Å². The Kier molecular flexibility index (Phi) is 3.32. The van der Waals surface area contributed by atoms with Crippen molar-refractivity contribution >= 4 is 5.82 Å². The number of rotatable bonds is 2. The molecule has 1 aliphatic heterocycles. The monoisotopic (exact) mass is 218 g/mol. The van der Waals surface area contributed by atoms with Crippen LogP contribution in [0.5, 0.6) is 0 Å². The first-order valence-electron chi connectivity index (χ1n) is 5.42. The first kappa shape index (κ1) is 10.8. The van der Waals surface area contributed by atoms with Gasteiger partial charge in [0.1, 0.15) is 11.9 Å². The van der Waals surface area contributed by atoms with Crippen molar-refractivity contribution in [2.75, 3.05) is 24.6 Å². The second-order valence-corrected chi connectivity index (χ2v) is 3.72. The SMILES string of the molecule is CCC1CN(c2cnc(C#N)cn2)CCO1. The Morgan fingerprint density at radius 3 is 3.06 bits per heavy atom. The van der Waals surface area contributed by atoms with Gasteiger partial charge in [-0.1, -0.05) is 6.92 Å². The molecule has 0 amide bonds. The highest BCUT2D eigenvalue weighted by atomic mass is 16.5. The zero-order valence-corrected chi connectivity index (χ0v) is 9.26. The van der Waals surface area contributed by atoms with E-state index in [9.17, 15) is 0 Å². The zero-order valence-electron chi connectivity index (χ0n) is 9.26. The molecular weight excluding hydrogens is 204 g/mol. The molecule has 0 bridgehead atoms. The summed E-state index contributed by atoms with van der Waals surface area (Å²) in [7, 11) is 0. The average molecular weight is 218 g/mol. The molecule has 0 aliphatic carbocycles. The lowest BCUT2D eigenvalue weighted by Crippen LogP contribution is -2.42. The largest absolute Gasteiger partial charge is 0.375 e. The van der Waals surface area contributed by atoms with Crippen LogP contribution in [0.2, 0.25) is 0 Å². The first-order valence-corrected chi connectivity index (χ1v) is 5.42. The van der Waals surface area contributed by atoms with Gasteiger partial charge in [-0.25, -0.2) is 9.97 Å². The summed E-state index contributed by atoms with van der Waals surface area (Å²) in [6.07, 6.45) is 4.42. The molecule has 5 nitrogen and oxygen atoms in total. The Bertz CT molecular complexity index is 384. The number of anilines is 1. The van der Waals surface area contributed by atoms with Crippen LogP contribution >= 0.6 is 0 Å². The van der Waals surface area contributed by atoms with Gasteiger partial charge < -0.3 is 9.64 Å². The van der Waals surface area contributed by atoms with Crippen LogP contribution in [0.1, 0.15) is 19.0 Å². The maximum Gasteiger partial charge on any atom is 0.158 e. The quantitative estimate of drug-likeness (QED) is 0.740. The van der Waals surface area contributed by atoms with Gasteiger partial charge in [0.15, 0.2) is 5.69 Å². The third-order valence-electron chi connectivity index (χ3n) is 2.67. The van der Waals surface area contributed by atoms with Crippen molar-refractivity contribution in [3.05, 3.63) is 18.1 Å². The number of nitriles is 1. The van der Waals surface area contributed by atoms with Crippen LogP contribution in [0.3, 0.4) is 0 Å². The summed E-state index contributed by atoms with van der Waals surface area (Å²) in [4.78, 5) is 10.4. The van der Waals surface area contributed by atoms with Gasteiger partial charge in [-0.3, -0.25) is 0 Å². The Morgan fingerprint density at radius 2 is 2.44 bits per heavy atom. The number of aromatic nitrogens is 2. The van der Waals surface area contributed by atoms with Crippen LogP contribution in [0.4, 0.5) is 5.82 Å². The molecule has 1 fully saturated rings. The maximum absolute atomic E-state index is 8.63. The molecule has 2 rings (SSSR count). The minimum atomic E-state index is 0.270. The molecule has 0 aromatic carbocycles. The van der Waals surface area contributed by atoms with Crippen LogP contribution in [0, 0.1) is 11.3 Å². The molecule has 1 aromatic heterocycles. The van der Waals surface area contributed by atoms with Crippen molar-refractivity contribution in [1.82, 2.24) is 9.97 Å². The van der Waals surface area contributed by atoms with Crippen LogP contribution in [-0.2, 0) is 4.74 Å². The molecule has 1 saturated heterocycles. The molecule has 1 aromatic rings. The van der Waals surface area contributed by atoms with E-state index in [2.05, 4.69) is 21.8 Å². The van der Waals surface area contributed by atoms with E-state index in [1.54, 1.807) is 6.20 Å². The Labute approximate surface area is 94.7 Å². The molecule has 0 saturated carbocycles. The van der Waals surface area contributed by atoms with E-state index in [4.69, 9.17) is 10.00 Å². The maximum atomic E-state index is 8.63. The molecule has 1 atom stereocenters. The van der Waals surface area contributed by atoms with Crippen LogP contribution in [0.25, 0.3) is 0 Å². The molecule has 16 heavy (non-hydrogen) atoms. The molecule has 5 heteroatoms. The standard InChI is InChI=1S/C11H14N4O/c1-2-10-8-15(3-4-16-10)11-7-13-9(5-12)6-14-11/h6-7,10H,2-4,8H2,1H3. The van der Waals surface area contributed by atoms with Gasteiger partial charge in [-0.15, -0.1) is 0 Å². The molecule has 0 N–H and O–H groups in total. The minimum Gasteiger partial charge on any atom is -0.375 e. The highest BCUT2D eigenvalue weighted by Crippen LogP contribution is 2.15. The van der Waals surface area contributed by atoms with Crippen LogP contribution in [-0.4, -0.2) is 35.8 Å². The molecule has 0 radical (unpaired) electrons. The van der Waals surface area contributed by atoms with Crippen molar-refractivity contribution in [3.8, 4) is 6.07 Å². The zero-order chi connectivity index (χ0) is 11.4. The molecule has 2 heterocycles. The van der Waals surface area contributed by atoms with Crippen LogP contribution < -0.4 is 4.90 Å². The van der Waals surface area contributed by atoms with Crippen molar-refractivity contribution in [1.29, 1.82) is 5.26 Å². The van der Waals surface area contributed by atoms with E-state index >= 15 is 0 Å². The number of hydrogen-bond donors (Lipinski definition) is 0. The van der Waals surface area contributed by atoms with Crippen molar-refractivity contribution in [2.24, 2.45) is 0 Å². The van der Waals surface area contributed by atoms with E-state index in [-0.39, 0.29) is 6.10 Å². The van der Waals surface area contributed by atoms with E-state index in [0.29, 0.717) is 5.69 Å². The summed E-state index contributed by atoms with van der Waals surface area (Å²) in [5, 5.41) is 8.63. The highest BCUT2D eigenvalue weighted by Gasteiger charge is 2.19. The second-order valence-electron chi connectivity index (χ2n) is 3.72. The van der Waals surface area contributed by atoms with Crippen molar-refractivity contribution in [2.45, 2.75) is 19.4 Å². The number of ether oxygens (including phenoxy) is 1. The van der Waals surface area contributed by atoms with Gasteiger partial charge in [0.2, 0.25) is 0 Å². The predicted octanol–water partition coefficient (Wildman–Crippen LogP) is 0.963.